The Morgan fingerprint density at radius 3 is 2.62 bits per heavy atom. The zero-order valence-corrected chi connectivity index (χ0v) is 17.1. The number of hydrogen-bond donors (Lipinski definition) is 0. The molecule has 2 unspecified atom stereocenters. The van der Waals surface area contributed by atoms with Crippen molar-refractivity contribution in [2.45, 2.75) is 52.6 Å². The molecule has 0 heterocycles. The van der Waals surface area contributed by atoms with Crippen molar-refractivity contribution in [1.29, 1.82) is 0 Å². The largest absolute Gasteiger partial charge is 0.479 e. The van der Waals surface area contributed by atoms with E-state index in [-0.39, 0.29) is 11.4 Å². The van der Waals surface area contributed by atoms with Crippen LogP contribution in [0.25, 0.3) is 0 Å². The van der Waals surface area contributed by atoms with Gasteiger partial charge in [-0.1, -0.05) is 36.8 Å². The molecule has 0 N–H and O–H groups in total. The lowest BCUT2D eigenvalue weighted by Crippen LogP contribution is -2.29. The molecular formula is C20H25IO3. The minimum Gasteiger partial charge on any atom is -0.479 e. The van der Waals surface area contributed by atoms with Crippen LogP contribution in [0.4, 0.5) is 0 Å². The predicted octanol–water partition coefficient (Wildman–Crippen LogP) is 5.33. The molecule has 1 aliphatic rings. The number of rotatable bonds is 5. The molecule has 0 saturated heterocycles. The van der Waals surface area contributed by atoms with E-state index in [9.17, 15) is 4.79 Å². The maximum atomic E-state index is 11.9. The van der Waals surface area contributed by atoms with Gasteiger partial charge in [0.05, 0.1) is 6.61 Å². The van der Waals surface area contributed by atoms with Gasteiger partial charge in [0.2, 0.25) is 0 Å². The fourth-order valence-electron chi connectivity index (χ4n) is 3.27. The van der Waals surface area contributed by atoms with Crippen LogP contribution in [0, 0.1) is 0 Å². The summed E-state index contributed by atoms with van der Waals surface area (Å²) in [7, 11) is 0. The molecule has 0 aliphatic heterocycles. The van der Waals surface area contributed by atoms with Gasteiger partial charge in [-0.05, 0) is 68.3 Å². The van der Waals surface area contributed by atoms with E-state index in [1.807, 2.05) is 18.2 Å². The maximum absolute atomic E-state index is 11.9. The van der Waals surface area contributed by atoms with Crippen LogP contribution < -0.4 is 4.74 Å². The highest BCUT2D eigenvalue weighted by atomic mass is 127. The number of benzene rings is 1. The van der Waals surface area contributed by atoms with Gasteiger partial charge in [0.1, 0.15) is 5.75 Å². The third kappa shape index (κ3) is 4.02. The molecule has 1 aliphatic carbocycles. The summed E-state index contributed by atoms with van der Waals surface area (Å²) in [5.41, 5.74) is 3.62. The molecule has 0 fully saturated rings. The SMILES string of the molecule is CCOC(=O)C(C)Oc1ccccc1C1(C)C=C(C)C(I)=C(C)C1. The van der Waals surface area contributed by atoms with Crippen molar-refractivity contribution in [3.8, 4) is 5.75 Å². The first kappa shape index (κ1) is 19.0. The Hall–Kier alpha value is -1.30. The average Bonchev–Trinajstić information content (AvgIpc) is 2.53. The first-order valence-corrected chi connectivity index (χ1v) is 9.34. The minimum absolute atomic E-state index is 0.145. The van der Waals surface area contributed by atoms with Crippen LogP contribution in [0.3, 0.4) is 0 Å². The van der Waals surface area contributed by atoms with E-state index in [2.05, 4.69) is 55.5 Å². The van der Waals surface area contributed by atoms with E-state index in [0.29, 0.717) is 6.61 Å². The van der Waals surface area contributed by atoms with E-state index in [1.165, 1.54) is 14.7 Å². The van der Waals surface area contributed by atoms with Crippen LogP contribution in [0.5, 0.6) is 5.75 Å². The summed E-state index contributed by atoms with van der Waals surface area (Å²) in [5.74, 6) is 0.410. The molecule has 0 amide bonds. The summed E-state index contributed by atoms with van der Waals surface area (Å²) >= 11 is 2.41. The van der Waals surface area contributed by atoms with Crippen LogP contribution >= 0.6 is 22.6 Å². The summed E-state index contributed by atoms with van der Waals surface area (Å²) in [5, 5.41) is 0. The van der Waals surface area contributed by atoms with E-state index >= 15 is 0 Å². The number of allylic oxidation sites excluding steroid dienone is 4. The summed E-state index contributed by atoms with van der Waals surface area (Å²) in [6, 6.07) is 7.97. The Kier molecular flexibility index (Phi) is 6.12. The lowest BCUT2D eigenvalue weighted by Gasteiger charge is -2.34. The first-order valence-electron chi connectivity index (χ1n) is 8.26. The molecule has 1 aromatic rings. The van der Waals surface area contributed by atoms with Crippen molar-refractivity contribution in [1.82, 2.24) is 0 Å². The Balaban J connectivity index is 2.35. The lowest BCUT2D eigenvalue weighted by atomic mass is 9.73. The van der Waals surface area contributed by atoms with Gasteiger partial charge in [-0.2, -0.15) is 0 Å². The van der Waals surface area contributed by atoms with Gasteiger partial charge in [-0.3, -0.25) is 0 Å². The molecule has 4 heteroatoms. The normalized spacial score (nSPS) is 22.0. The molecule has 0 saturated carbocycles. The number of ether oxygens (including phenoxy) is 2. The van der Waals surface area contributed by atoms with Crippen molar-refractivity contribution in [3.63, 3.8) is 0 Å². The molecule has 2 rings (SSSR count). The molecule has 0 bridgehead atoms. The van der Waals surface area contributed by atoms with Gasteiger partial charge in [-0.25, -0.2) is 4.79 Å². The molecular weight excluding hydrogens is 415 g/mol. The average molecular weight is 440 g/mol. The Labute approximate surface area is 158 Å². The third-order valence-corrected chi connectivity index (χ3v) is 6.08. The van der Waals surface area contributed by atoms with E-state index in [4.69, 9.17) is 9.47 Å². The van der Waals surface area contributed by atoms with Crippen LogP contribution in [-0.4, -0.2) is 18.7 Å². The van der Waals surface area contributed by atoms with Crippen LogP contribution in [0.1, 0.15) is 46.6 Å². The lowest BCUT2D eigenvalue weighted by molar-refractivity contribution is -0.150. The van der Waals surface area contributed by atoms with Crippen molar-refractivity contribution < 1.29 is 14.3 Å². The molecule has 0 aromatic heterocycles. The smallest absolute Gasteiger partial charge is 0.347 e. The zero-order chi connectivity index (χ0) is 17.9. The highest BCUT2D eigenvalue weighted by Gasteiger charge is 2.32. The Morgan fingerprint density at radius 1 is 1.33 bits per heavy atom. The van der Waals surface area contributed by atoms with Crippen molar-refractivity contribution in [2.24, 2.45) is 0 Å². The highest BCUT2D eigenvalue weighted by molar-refractivity contribution is 14.1. The number of para-hydroxylation sites is 1. The first-order chi connectivity index (χ1) is 11.3. The second-order valence-electron chi connectivity index (χ2n) is 6.52. The van der Waals surface area contributed by atoms with Crippen LogP contribution in [-0.2, 0) is 14.9 Å². The van der Waals surface area contributed by atoms with E-state index in [0.717, 1.165) is 17.7 Å². The monoisotopic (exact) mass is 440 g/mol. The minimum atomic E-state index is -0.625. The second kappa shape index (κ2) is 7.72. The summed E-state index contributed by atoms with van der Waals surface area (Å²) in [6.45, 7) is 10.4. The molecule has 3 nitrogen and oxygen atoms in total. The van der Waals surface area contributed by atoms with Crippen molar-refractivity contribution in [2.75, 3.05) is 6.61 Å². The molecule has 1 aromatic carbocycles. The number of carbonyl (C=O) groups excluding carboxylic acids is 1. The van der Waals surface area contributed by atoms with Gasteiger partial charge in [0.25, 0.3) is 0 Å². The van der Waals surface area contributed by atoms with E-state index < -0.39 is 6.10 Å². The van der Waals surface area contributed by atoms with Gasteiger partial charge in [0.15, 0.2) is 6.10 Å². The predicted molar refractivity (Wildman–Crippen MR) is 106 cm³/mol. The maximum Gasteiger partial charge on any atom is 0.347 e. The van der Waals surface area contributed by atoms with Crippen LogP contribution in [0.15, 0.2) is 45.1 Å². The third-order valence-electron chi connectivity index (χ3n) is 4.31. The molecule has 130 valence electrons. The fraction of sp³-hybridized carbons (Fsp3) is 0.450. The van der Waals surface area contributed by atoms with Crippen molar-refractivity contribution in [3.05, 3.63) is 50.6 Å². The summed E-state index contributed by atoms with van der Waals surface area (Å²) in [6.07, 6.45) is 2.62. The Morgan fingerprint density at radius 2 is 2.00 bits per heavy atom. The van der Waals surface area contributed by atoms with Gasteiger partial charge in [-0.15, -0.1) is 0 Å². The van der Waals surface area contributed by atoms with Gasteiger partial charge < -0.3 is 9.47 Å². The topological polar surface area (TPSA) is 35.5 Å². The van der Waals surface area contributed by atoms with Gasteiger partial charge >= 0.3 is 5.97 Å². The molecule has 0 radical (unpaired) electrons. The van der Waals surface area contributed by atoms with Crippen molar-refractivity contribution >= 4 is 28.6 Å². The number of halogens is 1. The standard InChI is InChI=1S/C20H25IO3/c1-6-23-19(22)15(4)24-17-10-8-7-9-16(17)20(5)11-13(2)18(21)14(3)12-20/h7-11,15H,6,12H2,1-5H3. The Bertz CT molecular complexity index is 690. The summed E-state index contributed by atoms with van der Waals surface area (Å²) in [4.78, 5) is 11.9. The second-order valence-corrected chi connectivity index (χ2v) is 7.60. The van der Waals surface area contributed by atoms with Gasteiger partial charge in [0, 0.05) is 14.6 Å². The van der Waals surface area contributed by atoms with E-state index in [1.54, 1.807) is 13.8 Å². The molecule has 24 heavy (non-hydrogen) atoms. The zero-order valence-electron chi connectivity index (χ0n) is 15.0. The molecule has 2 atom stereocenters. The number of hydrogen-bond acceptors (Lipinski definition) is 3. The number of carbonyl (C=O) groups is 1. The number of esters is 1. The highest BCUT2D eigenvalue weighted by Crippen LogP contribution is 2.44. The van der Waals surface area contributed by atoms with Crippen LogP contribution in [0.2, 0.25) is 0 Å². The quantitative estimate of drug-likeness (QED) is 0.459. The molecule has 0 spiro atoms. The summed E-state index contributed by atoms with van der Waals surface area (Å²) < 4.78 is 12.3. The fourth-order valence-corrected chi connectivity index (χ4v) is 3.62.